The number of rotatable bonds is 5. The van der Waals surface area contributed by atoms with Crippen molar-refractivity contribution in [2.24, 2.45) is 0 Å². The second kappa shape index (κ2) is 6.29. The molecule has 0 radical (unpaired) electrons. The van der Waals surface area contributed by atoms with E-state index >= 15 is 0 Å². The summed E-state index contributed by atoms with van der Waals surface area (Å²) in [6, 6.07) is 9.27. The van der Waals surface area contributed by atoms with E-state index in [4.69, 9.17) is 21.1 Å². The summed E-state index contributed by atoms with van der Waals surface area (Å²) in [6.45, 7) is 0.573. The predicted molar refractivity (Wildman–Crippen MR) is 76.1 cm³/mol. The Hall–Kier alpha value is -1.94. The van der Waals surface area contributed by atoms with E-state index < -0.39 is 0 Å². The number of pyridine rings is 1. The molecule has 1 aromatic heterocycles. The van der Waals surface area contributed by atoms with Gasteiger partial charge in [-0.15, -0.1) is 0 Å². The molecule has 1 heterocycles. The monoisotopic (exact) mass is 278 g/mol. The van der Waals surface area contributed by atoms with E-state index in [2.05, 4.69) is 10.3 Å². The summed E-state index contributed by atoms with van der Waals surface area (Å²) in [5.41, 5.74) is 1.00. The van der Waals surface area contributed by atoms with Gasteiger partial charge < -0.3 is 14.8 Å². The molecule has 0 amide bonds. The Morgan fingerprint density at radius 3 is 2.74 bits per heavy atom. The van der Waals surface area contributed by atoms with Crippen molar-refractivity contribution in [1.29, 1.82) is 0 Å². The first-order valence-electron chi connectivity index (χ1n) is 5.80. The van der Waals surface area contributed by atoms with Crippen LogP contribution < -0.4 is 14.8 Å². The second-order valence-corrected chi connectivity index (χ2v) is 4.27. The van der Waals surface area contributed by atoms with Gasteiger partial charge >= 0.3 is 0 Å². The number of nitrogens with zero attached hydrogens (tertiary/aromatic N) is 1. The van der Waals surface area contributed by atoms with Crippen LogP contribution >= 0.6 is 11.6 Å². The minimum atomic E-state index is 0.573. The van der Waals surface area contributed by atoms with E-state index in [1.807, 2.05) is 18.2 Å². The molecule has 2 aromatic rings. The van der Waals surface area contributed by atoms with Crippen LogP contribution in [0.3, 0.4) is 0 Å². The highest BCUT2D eigenvalue weighted by atomic mass is 35.5. The first kappa shape index (κ1) is 13.5. The predicted octanol–water partition coefficient (Wildman–Crippen LogP) is 3.36. The third kappa shape index (κ3) is 3.29. The Balaban J connectivity index is 2.13. The van der Waals surface area contributed by atoms with E-state index in [0.29, 0.717) is 17.4 Å². The first-order chi connectivity index (χ1) is 9.24. The Kier molecular flexibility index (Phi) is 4.47. The lowest BCUT2D eigenvalue weighted by Gasteiger charge is -2.12. The van der Waals surface area contributed by atoms with E-state index in [0.717, 1.165) is 17.1 Å². The van der Waals surface area contributed by atoms with E-state index in [1.54, 1.807) is 32.5 Å². The lowest BCUT2D eigenvalue weighted by Crippen LogP contribution is -2.03. The summed E-state index contributed by atoms with van der Waals surface area (Å²) in [6.07, 6.45) is 1.69. The van der Waals surface area contributed by atoms with Crippen molar-refractivity contribution in [2.45, 2.75) is 6.54 Å². The molecular weight excluding hydrogens is 264 g/mol. The van der Waals surface area contributed by atoms with Crippen LogP contribution in [0.2, 0.25) is 5.02 Å². The van der Waals surface area contributed by atoms with Crippen molar-refractivity contribution < 1.29 is 9.47 Å². The van der Waals surface area contributed by atoms with Crippen LogP contribution in [0.5, 0.6) is 11.5 Å². The van der Waals surface area contributed by atoms with Crippen LogP contribution in [0.15, 0.2) is 36.5 Å². The average Bonchev–Trinajstić information content (AvgIpc) is 2.46. The zero-order chi connectivity index (χ0) is 13.7. The molecule has 4 nitrogen and oxygen atoms in total. The van der Waals surface area contributed by atoms with Crippen molar-refractivity contribution in [3.8, 4) is 11.5 Å². The molecule has 0 saturated carbocycles. The summed E-state index contributed by atoms with van der Waals surface area (Å²) in [4.78, 5) is 4.17. The maximum atomic E-state index is 6.04. The van der Waals surface area contributed by atoms with Crippen molar-refractivity contribution in [1.82, 2.24) is 4.98 Å². The highest BCUT2D eigenvalue weighted by molar-refractivity contribution is 6.32. The Morgan fingerprint density at radius 1 is 1.21 bits per heavy atom. The zero-order valence-electron chi connectivity index (χ0n) is 10.8. The standard InChI is InChI=1S/C14H15ClN2O2/c1-18-11-6-5-10(13(8-11)19-2)9-17-14-12(15)4-3-7-16-14/h3-8H,9H2,1-2H3,(H,16,17). The van der Waals surface area contributed by atoms with Gasteiger partial charge in [-0.3, -0.25) is 0 Å². The van der Waals surface area contributed by atoms with Crippen molar-refractivity contribution in [3.63, 3.8) is 0 Å². The lowest BCUT2D eigenvalue weighted by molar-refractivity contribution is 0.391. The topological polar surface area (TPSA) is 43.4 Å². The molecule has 0 aliphatic heterocycles. The van der Waals surface area contributed by atoms with Gasteiger partial charge in [-0.1, -0.05) is 11.6 Å². The zero-order valence-corrected chi connectivity index (χ0v) is 11.6. The fraction of sp³-hybridized carbons (Fsp3) is 0.214. The van der Waals surface area contributed by atoms with Gasteiger partial charge in [0, 0.05) is 24.4 Å². The van der Waals surface area contributed by atoms with Crippen molar-refractivity contribution >= 4 is 17.4 Å². The first-order valence-corrected chi connectivity index (χ1v) is 6.17. The third-order valence-corrected chi connectivity index (χ3v) is 3.00. The molecule has 0 unspecified atom stereocenters. The van der Waals surface area contributed by atoms with E-state index in [1.165, 1.54) is 0 Å². The molecule has 0 aliphatic carbocycles. The van der Waals surface area contributed by atoms with Gasteiger partial charge in [-0.05, 0) is 24.3 Å². The van der Waals surface area contributed by atoms with Gasteiger partial charge in [0.05, 0.1) is 19.2 Å². The van der Waals surface area contributed by atoms with Crippen LogP contribution in [-0.4, -0.2) is 19.2 Å². The summed E-state index contributed by atoms with van der Waals surface area (Å²) < 4.78 is 10.5. The number of benzene rings is 1. The molecule has 100 valence electrons. The molecule has 5 heteroatoms. The van der Waals surface area contributed by atoms with Crippen molar-refractivity contribution in [3.05, 3.63) is 47.1 Å². The second-order valence-electron chi connectivity index (χ2n) is 3.87. The smallest absolute Gasteiger partial charge is 0.145 e. The van der Waals surface area contributed by atoms with E-state index in [-0.39, 0.29) is 0 Å². The molecule has 19 heavy (non-hydrogen) atoms. The van der Waals surface area contributed by atoms with Crippen LogP contribution in [0.4, 0.5) is 5.82 Å². The van der Waals surface area contributed by atoms with Gasteiger partial charge in [0.25, 0.3) is 0 Å². The number of halogens is 1. The summed E-state index contributed by atoms with van der Waals surface area (Å²) in [7, 11) is 3.26. The molecule has 0 saturated heterocycles. The summed E-state index contributed by atoms with van der Waals surface area (Å²) in [5.74, 6) is 2.18. The van der Waals surface area contributed by atoms with Crippen LogP contribution in [0, 0.1) is 0 Å². The summed E-state index contributed by atoms with van der Waals surface area (Å²) >= 11 is 6.04. The summed E-state index contributed by atoms with van der Waals surface area (Å²) in [5, 5.41) is 3.77. The Labute approximate surface area is 117 Å². The fourth-order valence-corrected chi connectivity index (χ4v) is 1.88. The molecule has 0 spiro atoms. The number of methoxy groups -OCH3 is 2. The molecule has 1 aromatic carbocycles. The molecule has 1 N–H and O–H groups in total. The van der Waals surface area contributed by atoms with E-state index in [9.17, 15) is 0 Å². The fourth-order valence-electron chi connectivity index (χ4n) is 1.69. The lowest BCUT2D eigenvalue weighted by atomic mass is 10.2. The highest BCUT2D eigenvalue weighted by Gasteiger charge is 2.06. The van der Waals surface area contributed by atoms with Crippen LogP contribution in [-0.2, 0) is 6.54 Å². The molecule has 2 rings (SSSR count). The molecular formula is C14H15ClN2O2. The van der Waals surface area contributed by atoms with Crippen LogP contribution in [0.1, 0.15) is 5.56 Å². The SMILES string of the molecule is COc1ccc(CNc2ncccc2Cl)c(OC)c1. The number of hydrogen-bond acceptors (Lipinski definition) is 4. The van der Waals surface area contributed by atoms with Gasteiger partial charge in [-0.25, -0.2) is 4.98 Å². The normalized spacial score (nSPS) is 10.1. The van der Waals surface area contributed by atoms with Gasteiger partial charge in [0.2, 0.25) is 0 Å². The minimum absolute atomic E-state index is 0.573. The molecule has 0 fully saturated rings. The minimum Gasteiger partial charge on any atom is -0.497 e. The molecule has 0 atom stereocenters. The Morgan fingerprint density at radius 2 is 2.05 bits per heavy atom. The van der Waals surface area contributed by atoms with Gasteiger partial charge in [0.15, 0.2) is 0 Å². The highest BCUT2D eigenvalue weighted by Crippen LogP contribution is 2.26. The van der Waals surface area contributed by atoms with Crippen molar-refractivity contribution in [2.75, 3.05) is 19.5 Å². The number of anilines is 1. The average molecular weight is 279 g/mol. The van der Waals surface area contributed by atoms with Crippen LogP contribution in [0.25, 0.3) is 0 Å². The van der Waals surface area contributed by atoms with Gasteiger partial charge in [0.1, 0.15) is 17.3 Å². The van der Waals surface area contributed by atoms with Gasteiger partial charge in [-0.2, -0.15) is 0 Å². The molecule has 0 bridgehead atoms. The quantitative estimate of drug-likeness (QED) is 0.911. The Bertz CT molecular complexity index is 561. The third-order valence-electron chi connectivity index (χ3n) is 2.70. The maximum Gasteiger partial charge on any atom is 0.145 e. The largest absolute Gasteiger partial charge is 0.497 e. The number of hydrogen-bond donors (Lipinski definition) is 1. The maximum absolute atomic E-state index is 6.04. The number of nitrogens with one attached hydrogen (secondary N) is 1. The number of aromatic nitrogens is 1. The molecule has 0 aliphatic rings. The number of ether oxygens (including phenoxy) is 2.